The zero-order chi connectivity index (χ0) is 31.7. The van der Waals surface area contributed by atoms with Crippen LogP contribution in [-0.4, -0.2) is 72.5 Å². The summed E-state index contributed by atoms with van der Waals surface area (Å²) in [5, 5.41) is 0.0914. The number of alkyl halides is 6. The fraction of sp³-hybridized carbons (Fsp3) is 0.594. The highest BCUT2D eigenvalue weighted by atomic mass is 35.5. The molecule has 0 N–H and O–H groups in total. The van der Waals surface area contributed by atoms with E-state index in [0.717, 1.165) is 32.2 Å². The Morgan fingerprint density at radius 1 is 0.886 bits per heavy atom. The highest BCUT2D eigenvalue weighted by Gasteiger charge is 2.47. The normalized spacial score (nSPS) is 23.0. The molecule has 3 fully saturated rings. The first kappa shape index (κ1) is 33.0. The fourth-order valence-corrected chi connectivity index (χ4v) is 7.39. The van der Waals surface area contributed by atoms with Gasteiger partial charge in [0.1, 0.15) is 5.82 Å². The van der Waals surface area contributed by atoms with Gasteiger partial charge in [-0.25, -0.2) is 4.39 Å². The van der Waals surface area contributed by atoms with Gasteiger partial charge in [0.2, 0.25) is 5.91 Å². The van der Waals surface area contributed by atoms with E-state index in [-0.39, 0.29) is 42.1 Å². The van der Waals surface area contributed by atoms with Crippen LogP contribution in [0.15, 0.2) is 36.4 Å². The summed E-state index contributed by atoms with van der Waals surface area (Å²) >= 11 is 6.12. The van der Waals surface area contributed by atoms with Crippen LogP contribution in [0.4, 0.5) is 30.7 Å². The largest absolute Gasteiger partial charge is 0.417 e. The van der Waals surface area contributed by atoms with Crippen molar-refractivity contribution >= 4 is 17.5 Å². The van der Waals surface area contributed by atoms with Gasteiger partial charge in [0.05, 0.1) is 17.5 Å². The Bertz CT molecular complexity index is 1300. The first-order chi connectivity index (χ1) is 20.8. The number of amides is 1. The van der Waals surface area contributed by atoms with Crippen molar-refractivity contribution in [1.29, 1.82) is 0 Å². The van der Waals surface area contributed by atoms with Gasteiger partial charge in [0.15, 0.2) is 0 Å². The Kier molecular flexibility index (Phi) is 9.87. The number of likely N-dealkylation sites (tertiary alicyclic amines) is 1. The van der Waals surface area contributed by atoms with Crippen LogP contribution in [0.2, 0.25) is 5.02 Å². The molecule has 3 aliphatic rings. The zero-order valence-electron chi connectivity index (χ0n) is 24.4. The summed E-state index contributed by atoms with van der Waals surface area (Å²) in [6.45, 7) is 4.10. The summed E-state index contributed by atoms with van der Waals surface area (Å²) in [4.78, 5) is 19.5. The van der Waals surface area contributed by atoms with Gasteiger partial charge in [-0.05, 0) is 62.1 Å². The molecule has 1 aliphatic carbocycles. The molecule has 0 spiro atoms. The Morgan fingerprint density at radius 3 is 2.20 bits per heavy atom. The topological polar surface area (TPSA) is 26.8 Å². The van der Waals surface area contributed by atoms with E-state index in [9.17, 15) is 35.5 Å². The molecule has 2 aliphatic heterocycles. The van der Waals surface area contributed by atoms with Gasteiger partial charge in [0, 0.05) is 61.3 Å². The van der Waals surface area contributed by atoms with Crippen molar-refractivity contribution in [3.8, 4) is 0 Å². The predicted octanol–water partition coefficient (Wildman–Crippen LogP) is 7.57. The molecule has 2 heterocycles. The van der Waals surface area contributed by atoms with Crippen LogP contribution in [0, 0.1) is 5.82 Å². The fourth-order valence-electron chi connectivity index (χ4n) is 7.16. The van der Waals surface area contributed by atoms with Crippen LogP contribution in [-0.2, 0) is 29.0 Å². The lowest BCUT2D eigenvalue weighted by Gasteiger charge is -2.42. The number of benzene rings is 2. The standard InChI is InChI=1S/C32H37ClF7N3O/c33-27-7-4-8-28(34)24(27)20-29(44)43-14-12-30(21-43,22-9-10-25(31(35,36)37)26(19-22)32(38,39)40)11-13-41-15-17-42(18-16-41)23-5-2-1-3-6-23/h4,7-10,19,23H,1-3,5-6,11-18,20-21H2/t30-/m1/s1. The Morgan fingerprint density at radius 2 is 1.57 bits per heavy atom. The maximum absolute atomic E-state index is 14.4. The van der Waals surface area contributed by atoms with E-state index in [1.807, 2.05) is 0 Å². The highest BCUT2D eigenvalue weighted by Crippen LogP contribution is 2.45. The van der Waals surface area contributed by atoms with Crippen molar-refractivity contribution < 1.29 is 35.5 Å². The van der Waals surface area contributed by atoms with E-state index in [1.165, 1.54) is 55.2 Å². The van der Waals surface area contributed by atoms with Crippen molar-refractivity contribution in [2.45, 2.75) is 75.2 Å². The van der Waals surface area contributed by atoms with Crippen LogP contribution in [0.5, 0.6) is 0 Å². The van der Waals surface area contributed by atoms with Crippen LogP contribution in [0.1, 0.15) is 67.2 Å². The first-order valence-electron chi connectivity index (χ1n) is 15.2. The number of hydrogen-bond acceptors (Lipinski definition) is 3. The second-order valence-electron chi connectivity index (χ2n) is 12.4. The highest BCUT2D eigenvalue weighted by molar-refractivity contribution is 6.31. The molecule has 0 radical (unpaired) electrons. The van der Waals surface area contributed by atoms with Crippen molar-refractivity contribution in [3.63, 3.8) is 0 Å². The number of halogens is 8. The molecule has 44 heavy (non-hydrogen) atoms. The first-order valence-corrected chi connectivity index (χ1v) is 15.6. The second kappa shape index (κ2) is 13.2. The molecule has 0 bridgehead atoms. The molecule has 242 valence electrons. The molecule has 5 rings (SSSR count). The number of piperazine rings is 1. The van der Waals surface area contributed by atoms with Crippen LogP contribution in [0.25, 0.3) is 0 Å². The zero-order valence-corrected chi connectivity index (χ0v) is 25.2. The minimum atomic E-state index is -5.22. The predicted molar refractivity (Wildman–Crippen MR) is 154 cm³/mol. The summed E-state index contributed by atoms with van der Waals surface area (Å²) in [7, 11) is 0. The van der Waals surface area contributed by atoms with E-state index in [4.69, 9.17) is 11.6 Å². The molecule has 12 heteroatoms. The molecule has 2 aromatic carbocycles. The number of rotatable bonds is 7. The molecule has 4 nitrogen and oxygen atoms in total. The molecule has 2 saturated heterocycles. The van der Waals surface area contributed by atoms with Crippen LogP contribution < -0.4 is 0 Å². The Balaban J connectivity index is 1.37. The Labute approximate surface area is 258 Å². The van der Waals surface area contributed by atoms with Gasteiger partial charge in [-0.2, -0.15) is 26.3 Å². The maximum Gasteiger partial charge on any atom is 0.417 e. The lowest BCUT2D eigenvalue weighted by Crippen LogP contribution is -2.51. The molecule has 1 saturated carbocycles. The average molecular weight is 648 g/mol. The van der Waals surface area contributed by atoms with E-state index >= 15 is 0 Å². The number of carbonyl (C=O) groups is 1. The van der Waals surface area contributed by atoms with Gasteiger partial charge >= 0.3 is 12.4 Å². The number of carbonyl (C=O) groups excluding carboxylic acids is 1. The number of nitrogens with zero attached hydrogens (tertiary/aromatic N) is 3. The van der Waals surface area contributed by atoms with Crippen molar-refractivity contribution in [1.82, 2.24) is 14.7 Å². The van der Waals surface area contributed by atoms with E-state index < -0.39 is 40.6 Å². The summed E-state index contributed by atoms with van der Waals surface area (Å²) in [6.07, 6.45) is -3.95. The third kappa shape index (κ3) is 7.36. The number of hydrogen-bond donors (Lipinski definition) is 0. The van der Waals surface area contributed by atoms with Gasteiger partial charge in [-0.1, -0.05) is 43.0 Å². The minimum Gasteiger partial charge on any atom is -0.341 e. The summed E-state index contributed by atoms with van der Waals surface area (Å²) in [5.41, 5.74) is -4.31. The third-order valence-corrected chi connectivity index (χ3v) is 10.1. The molecular weight excluding hydrogens is 611 g/mol. The average Bonchev–Trinajstić information content (AvgIpc) is 3.43. The van der Waals surface area contributed by atoms with Crippen LogP contribution in [0.3, 0.4) is 0 Å². The molecule has 1 atom stereocenters. The second-order valence-corrected chi connectivity index (χ2v) is 12.8. The minimum absolute atomic E-state index is 0.0165. The molecule has 1 amide bonds. The molecule has 0 aromatic heterocycles. The van der Waals surface area contributed by atoms with E-state index in [1.54, 1.807) is 0 Å². The van der Waals surface area contributed by atoms with Crippen LogP contribution >= 0.6 is 11.6 Å². The van der Waals surface area contributed by atoms with Crippen molar-refractivity contribution in [2.24, 2.45) is 0 Å². The quantitative estimate of drug-likeness (QED) is 0.290. The van der Waals surface area contributed by atoms with Crippen molar-refractivity contribution in [2.75, 3.05) is 45.8 Å². The SMILES string of the molecule is O=C(Cc1c(F)cccc1Cl)N1CC[C@@](CCN2CCN(C3CCCCC3)CC2)(c2ccc(C(F)(F)F)c(C(F)(F)F)c2)C1. The Hall–Kier alpha value is -2.37. The molecule has 2 aromatic rings. The lowest BCUT2D eigenvalue weighted by molar-refractivity contribution is -0.162. The van der Waals surface area contributed by atoms with Gasteiger partial charge in [-0.3, -0.25) is 9.69 Å². The summed E-state index contributed by atoms with van der Waals surface area (Å²) in [6, 6.07) is 6.92. The summed E-state index contributed by atoms with van der Waals surface area (Å²) in [5.74, 6) is -1.08. The van der Waals surface area contributed by atoms with E-state index in [2.05, 4.69) is 9.80 Å². The van der Waals surface area contributed by atoms with Gasteiger partial charge in [-0.15, -0.1) is 0 Å². The summed E-state index contributed by atoms with van der Waals surface area (Å²) < 4.78 is 96.9. The van der Waals surface area contributed by atoms with Gasteiger partial charge < -0.3 is 9.80 Å². The third-order valence-electron chi connectivity index (χ3n) is 9.74. The maximum atomic E-state index is 14.4. The monoisotopic (exact) mass is 647 g/mol. The van der Waals surface area contributed by atoms with Crippen molar-refractivity contribution in [3.05, 3.63) is 69.5 Å². The smallest absolute Gasteiger partial charge is 0.341 e. The molecular formula is C32H37ClF7N3O. The molecule has 0 unspecified atom stereocenters. The lowest BCUT2D eigenvalue weighted by atomic mass is 9.75. The van der Waals surface area contributed by atoms with Gasteiger partial charge in [0.25, 0.3) is 0 Å². The van der Waals surface area contributed by atoms with E-state index in [0.29, 0.717) is 31.1 Å².